The number of nitrogens with zero attached hydrogens (tertiary/aromatic N) is 1. The molecule has 15 heavy (non-hydrogen) atoms. The van der Waals surface area contributed by atoms with E-state index in [2.05, 4.69) is 4.37 Å². The van der Waals surface area contributed by atoms with E-state index in [9.17, 15) is 14.9 Å². The number of benzene rings is 1. The van der Waals surface area contributed by atoms with Crippen LogP contribution in [0.15, 0.2) is 16.9 Å². The smallest absolute Gasteiger partial charge is 0.311 e. The maximum Gasteiger partial charge on any atom is 0.311 e. The van der Waals surface area contributed by atoms with Crippen LogP contribution in [0.25, 0.3) is 10.1 Å². The third kappa shape index (κ3) is 1.37. The summed E-state index contributed by atoms with van der Waals surface area (Å²) in [5, 5.41) is 10.9. The van der Waals surface area contributed by atoms with Gasteiger partial charge < -0.3 is 4.74 Å². The molecular weight excluding hydrogens is 220 g/mol. The van der Waals surface area contributed by atoms with E-state index in [-0.39, 0.29) is 22.4 Å². The van der Waals surface area contributed by atoms with Crippen LogP contribution >= 0.6 is 11.5 Å². The number of nitro groups is 1. The normalized spacial score (nSPS) is 10.5. The monoisotopic (exact) mass is 226 g/mol. The van der Waals surface area contributed by atoms with Gasteiger partial charge in [0.15, 0.2) is 0 Å². The summed E-state index contributed by atoms with van der Waals surface area (Å²) in [6.45, 7) is 0. The van der Waals surface area contributed by atoms with Gasteiger partial charge in [0, 0.05) is 6.07 Å². The van der Waals surface area contributed by atoms with Crippen LogP contribution in [0.1, 0.15) is 0 Å². The van der Waals surface area contributed by atoms with E-state index in [1.165, 1.54) is 19.2 Å². The first-order chi connectivity index (χ1) is 7.15. The summed E-state index contributed by atoms with van der Waals surface area (Å²) in [6, 6.07) is 2.85. The molecule has 0 saturated carbocycles. The summed E-state index contributed by atoms with van der Waals surface area (Å²) in [5.74, 6) is 0.0139. The number of aromatic amines is 1. The third-order valence-corrected chi connectivity index (χ3v) is 2.83. The molecule has 0 bridgehead atoms. The predicted molar refractivity (Wildman–Crippen MR) is 55.7 cm³/mol. The second-order valence-electron chi connectivity index (χ2n) is 2.78. The van der Waals surface area contributed by atoms with E-state index in [1.807, 2.05) is 0 Å². The first-order valence-electron chi connectivity index (χ1n) is 3.97. The van der Waals surface area contributed by atoms with Crippen LogP contribution in [0.5, 0.6) is 5.75 Å². The Labute approximate surface area is 87.4 Å². The summed E-state index contributed by atoms with van der Waals surface area (Å²) in [5.41, 5.74) is -0.565. The van der Waals surface area contributed by atoms with Crippen molar-refractivity contribution in [3.05, 3.63) is 32.6 Å². The Morgan fingerprint density at radius 2 is 2.27 bits per heavy atom. The van der Waals surface area contributed by atoms with Crippen molar-refractivity contribution in [2.45, 2.75) is 0 Å². The lowest BCUT2D eigenvalue weighted by atomic mass is 10.2. The number of ether oxygens (including phenoxy) is 1. The highest BCUT2D eigenvalue weighted by molar-refractivity contribution is 7.13. The number of aromatic nitrogens is 1. The molecule has 1 aromatic heterocycles. The molecule has 0 aliphatic rings. The molecule has 0 spiro atoms. The van der Waals surface area contributed by atoms with Crippen molar-refractivity contribution in [2.75, 3.05) is 7.11 Å². The summed E-state index contributed by atoms with van der Waals surface area (Å²) >= 11 is 1.12. The number of H-pyrrole nitrogens is 1. The van der Waals surface area contributed by atoms with Crippen LogP contribution in [0.2, 0.25) is 0 Å². The number of hydrogen-bond donors (Lipinski definition) is 1. The first kappa shape index (κ1) is 9.66. The van der Waals surface area contributed by atoms with Crippen LogP contribution < -0.4 is 10.3 Å². The first-order valence-corrected chi connectivity index (χ1v) is 4.79. The molecular formula is C8H6N2O4S. The summed E-state index contributed by atoms with van der Waals surface area (Å²) in [7, 11) is 1.30. The van der Waals surface area contributed by atoms with Crippen molar-refractivity contribution in [2.24, 2.45) is 0 Å². The number of hydrogen-bond acceptors (Lipinski definition) is 5. The average Bonchev–Trinajstić information content (AvgIpc) is 2.59. The van der Waals surface area contributed by atoms with Gasteiger partial charge in [0.25, 0.3) is 5.56 Å². The van der Waals surface area contributed by atoms with Crippen molar-refractivity contribution in [1.29, 1.82) is 0 Å². The molecule has 6 nitrogen and oxygen atoms in total. The van der Waals surface area contributed by atoms with Gasteiger partial charge in [-0.25, -0.2) is 0 Å². The lowest BCUT2D eigenvalue weighted by molar-refractivity contribution is -0.385. The fourth-order valence-electron chi connectivity index (χ4n) is 1.36. The number of fused-ring (bicyclic) bond motifs is 1. The Morgan fingerprint density at radius 1 is 1.53 bits per heavy atom. The highest BCUT2D eigenvalue weighted by atomic mass is 32.1. The Hall–Kier alpha value is -1.89. The molecule has 1 aromatic carbocycles. The number of nitrogens with one attached hydrogen (secondary N) is 1. The topological polar surface area (TPSA) is 85.2 Å². The Bertz CT molecular complexity index is 586. The standard InChI is InChI=1S/C8H6N2O4S/c1-14-7-4(10(12)13)2-3-5-6(7)8(11)9-15-5/h2-3H,1H3,(H,9,11). The molecule has 1 N–H and O–H groups in total. The molecule has 0 aliphatic heterocycles. The molecule has 0 saturated heterocycles. The Kier molecular flexibility index (Phi) is 2.16. The number of rotatable bonds is 2. The van der Waals surface area contributed by atoms with Gasteiger partial charge in [0.2, 0.25) is 5.75 Å². The van der Waals surface area contributed by atoms with Gasteiger partial charge in [-0.3, -0.25) is 19.3 Å². The zero-order valence-corrected chi connectivity index (χ0v) is 8.46. The van der Waals surface area contributed by atoms with Crippen LogP contribution in [0.3, 0.4) is 0 Å². The van der Waals surface area contributed by atoms with Crippen molar-refractivity contribution in [1.82, 2.24) is 4.37 Å². The molecule has 0 aliphatic carbocycles. The second kappa shape index (κ2) is 3.35. The zero-order valence-electron chi connectivity index (χ0n) is 7.64. The molecule has 0 amide bonds. The second-order valence-corrected chi connectivity index (χ2v) is 3.63. The third-order valence-electron chi connectivity index (χ3n) is 1.98. The number of methoxy groups -OCH3 is 1. The van der Waals surface area contributed by atoms with E-state index in [0.717, 1.165) is 11.5 Å². The lowest BCUT2D eigenvalue weighted by Crippen LogP contribution is -2.01. The molecule has 0 atom stereocenters. The van der Waals surface area contributed by atoms with Gasteiger partial charge in [-0.1, -0.05) is 11.5 Å². The van der Waals surface area contributed by atoms with Crippen LogP contribution in [0.4, 0.5) is 5.69 Å². The molecule has 2 aromatic rings. The minimum atomic E-state index is -0.574. The molecule has 1 heterocycles. The fourth-order valence-corrected chi connectivity index (χ4v) is 2.08. The summed E-state index contributed by atoms with van der Waals surface area (Å²) < 4.78 is 8.05. The molecule has 7 heteroatoms. The van der Waals surface area contributed by atoms with E-state index in [1.54, 1.807) is 0 Å². The Balaban J connectivity index is 2.91. The van der Waals surface area contributed by atoms with Crippen molar-refractivity contribution >= 4 is 27.3 Å². The van der Waals surface area contributed by atoms with E-state index < -0.39 is 4.92 Å². The molecule has 78 valence electrons. The molecule has 0 unspecified atom stereocenters. The van der Waals surface area contributed by atoms with Crippen molar-refractivity contribution < 1.29 is 9.66 Å². The SMILES string of the molecule is COc1c([N+](=O)[O-])ccc2s[nH]c(=O)c12. The summed E-state index contributed by atoms with van der Waals surface area (Å²) in [4.78, 5) is 21.5. The van der Waals surface area contributed by atoms with Gasteiger partial charge in [-0.05, 0) is 6.07 Å². The van der Waals surface area contributed by atoms with Gasteiger partial charge in [-0.15, -0.1) is 0 Å². The highest BCUT2D eigenvalue weighted by Gasteiger charge is 2.20. The van der Waals surface area contributed by atoms with Crippen LogP contribution in [0, 0.1) is 10.1 Å². The quantitative estimate of drug-likeness (QED) is 0.621. The maximum atomic E-state index is 11.4. The van der Waals surface area contributed by atoms with Crippen molar-refractivity contribution in [3.63, 3.8) is 0 Å². The average molecular weight is 226 g/mol. The molecule has 0 fully saturated rings. The van der Waals surface area contributed by atoms with Gasteiger partial charge >= 0.3 is 5.69 Å². The van der Waals surface area contributed by atoms with E-state index >= 15 is 0 Å². The van der Waals surface area contributed by atoms with E-state index in [4.69, 9.17) is 4.74 Å². The van der Waals surface area contributed by atoms with Gasteiger partial charge in [0.1, 0.15) is 5.39 Å². The Morgan fingerprint density at radius 3 is 2.87 bits per heavy atom. The van der Waals surface area contributed by atoms with Crippen LogP contribution in [-0.2, 0) is 0 Å². The highest BCUT2D eigenvalue weighted by Crippen LogP contribution is 2.34. The minimum Gasteiger partial charge on any atom is -0.490 e. The largest absolute Gasteiger partial charge is 0.490 e. The predicted octanol–water partition coefficient (Wildman–Crippen LogP) is 1.51. The molecule has 2 rings (SSSR count). The zero-order chi connectivity index (χ0) is 11.0. The fraction of sp³-hybridized carbons (Fsp3) is 0.125. The van der Waals surface area contributed by atoms with Crippen LogP contribution in [-0.4, -0.2) is 16.4 Å². The van der Waals surface area contributed by atoms with E-state index in [0.29, 0.717) is 4.70 Å². The lowest BCUT2D eigenvalue weighted by Gasteiger charge is -2.00. The number of nitro benzene ring substituents is 1. The van der Waals surface area contributed by atoms with Gasteiger partial charge in [0.05, 0.1) is 16.7 Å². The van der Waals surface area contributed by atoms with Crippen molar-refractivity contribution in [3.8, 4) is 5.75 Å². The maximum absolute atomic E-state index is 11.4. The molecule has 0 radical (unpaired) electrons. The summed E-state index contributed by atoms with van der Waals surface area (Å²) in [6.07, 6.45) is 0. The minimum absolute atomic E-state index is 0.0139. The van der Waals surface area contributed by atoms with Gasteiger partial charge in [-0.2, -0.15) is 0 Å².